The molecule has 280 valence electrons. The van der Waals surface area contributed by atoms with Crippen LogP contribution in [-0.4, -0.2) is 0 Å². The molecular weight excluding hydrogens is 772 g/mol. The summed E-state index contributed by atoms with van der Waals surface area (Å²) in [5, 5.41) is 13.4. The van der Waals surface area contributed by atoms with E-state index in [1.165, 1.54) is 35.0 Å². The second kappa shape index (κ2) is 17.1. The van der Waals surface area contributed by atoms with Crippen LogP contribution in [0.3, 0.4) is 0 Å². The first-order valence-electron chi connectivity index (χ1n) is 18.9. The van der Waals surface area contributed by atoms with Gasteiger partial charge in [-0.25, -0.2) is 41.8 Å². The summed E-state index contributed by atoms with van der Waals surface area (Å²) in [5.74, 6) is -2.70. The average molecular weight is 805 g/mol. The molecule has 0 N–H and O–H groups in total. The molecular formula is C54H32F4Ti. The van der Waals surface area contributed by atoms with E-state index in [0.29, 0.717) is 11.1 Å². The van der Waals surface area contributed by atoms with Gasteiger partial charge < -0.3 is 0 Å². The fourth-order valence-corrected chi connectivity index (χ4v) is 7.88. The van der Waals surface area contributed by atoms with Crippen molar-refractivity contribution < 1.29 is 39.3 Å². The SMILES string of the molecule is Fc1[c-]c(F)c(-c2ccc3ccc4cccc5ccc2c3c45)cc1.Fc1[c-]c(F)c(-c2ccc3ccc4cccc5ccc2c3c45)cc1.[Ti+4].c1cc[cH-]c1.c1cc[cH-]c1. The van der Waals surface area contributed by atoms with Gasteiger partial charge in [-0.1, -0.05) is 131 Å². The van der Waals surface area contributed by atoms with Crippen molar-refractivity contribution in [2.24, 2.45) is 0 Å². The summed E-state index contributed by atoms with van der Waals surface area (Å²) in [6, 6.07) is 66.4. The Bertz CT molecular complexity index is 2990. The predicted octanol–water partition coefficient (Wildman–Crippen LogP) is 15.5. The maximum absolute atomic E-state index is 14.3. The maximum Gasteiger partial charge on any atom is 4.00 e. The van der Waals surface area contributed by atoms with E-state index in [9.17, 15) is 17.6 Å². The summed E-state index contributed by atoms with van der Waals surface area (Å²) in [7, 11) is 0. The predicted molar refractivity (Wildman–Crippen MR) is 233 cm³/mol. The first-order chi connectivity index (χ1) is 28.4. The average Bonchev–Trinajstić information content (AvgIpc) is 4.04. The topological polar surface area (TPSA) is 0 Å². The van der Waals surface area contributed by atoms with Crippen LogP contribution >= 0.6 is 0 Å². The Morgan fingerprint density at radius 2 is 0.610 bits per heavy atom. The van der Waals surface area contributed by atoms with Crippen molar-refractivity contribution in [1.82, 2.24) is 0 Å². The molecule has 0 radical (unpaired) electrons. The molecule has 0 aliphatic heterocycles. The molecule has 0 aromatic heterocycles. The zero-order chi connectivity index (χ0) is 39.6. The largest absolute Gasteiger partial charge is 4.00 e. The van der Waals surface area contributed by atoms with Crippen LogP contribution in [0.2, 0.25) is 0 Å². The van der Waals surface area contributed by atoms with Gasteiger partial charge in [0.25, 0.3) is 0 Å². The standard InChI is InChI=1S/2C22H11F2.2C5H5.Ti/c2*23-16-8-11-18(20(24)12-16)17-9-6-15-5-4-13-2-1-3-14-7-10-19(17)22(15)21(13)14;2*1-2-4-5-3-1;/h2*1-11H;2*1-5H;/q4*-1;+4. The Hall–Kier alpha value is -6.59. The van der Waals surface area contributed by atoms with E-state index in [1.807, 2.05) is 109 Å². The molecule has 12 rings (SSSR count). The second-order valence-corrected chi connectivity index (χ2v) is 13.9. The Morgan fingerprint density at radius 3 is 0.932 bits per heavy atom. The molecule has 0 saturated heterocycles. The fourth-order valence-electron chi connectivity index (χ4n) is 7.88. The van der Waals surface area contributed by atoms with Crippen LogP contribution < -0.4 is 0 Å². The molecule has 0 atom stereocenters. The minimum Gasteiger partial charge on any atom is -0.236 e. The third-order valence-corrected chi connectivity index (χ3v) is 10.5. The number of halogens is 4. The molecule has 12 aromatic rings. The molecule has 12 aromatic carbocycles. The Kier molecular flexibility index (Phi) is 11.4. The van der Waals surface area contributed by atoms with Gasteiger partial charge in [-0.05, 0) is 64.6 Å². The van der Waals surface area contributed by atoms with E-state index in [4.69, 9.17) is 0 Å². The van der Waals surface area contributed by atoms with Gasteiger partial charge in [0.1, 0.15) is 0 Å². The van der Waals surface area contributed by atoms with E-state index in [1.54, 1.807) is 0 Å². The summed E-state index contributed by atoms with van der Waals surface area (Å²) in [6.07, 6.45) is 0. The first-order valence-corrected chi connectivity index (χ1v) is 18.9. The van der Waals surface area contributed by atoms with E-state index in [2.05, 4.69) is 72.8 Å². The normalized spacial score (nSPS) is 10.9. The molecule has 0 fully saturated rings. The quantitative estimate of drug-likeness (QED) is 0.0707. The van der Waals surface area contributed by atoms with Crippen LogP contribution in [0.25, 0.3) is 86.9 Å². The third-order valence-electron chi connectivity index (χ3n) is 10.5. The molecule has 0 bridgehead atoms. The van der Waals surface area contributed by atoms with Crippen molar-refractivity contribution in [3.05, 3.63) is 230 Å². The summed E-state index contributed by atoms with van der Waals surface area (Å²) in [6.45, 7) is 0. The van der Waals surface area contributed by atoms with Gasteiger partial charge in [-0.2, -0.15) is 48.5 Å². The molecule has 0 aliphatic carbocycles. The smallest absolute Gasteiger partial charge is 0.236 e. The van der Waals surface area contributed by atoms with Crippen molar-refractivity contribution in [3.63, 3.8) is 0 Å². The van der Waals surface area contributed by atoms with Crippen molar-refractivity contribution in [3.8, 4) is 22.3 Å². The Balaban J connectivity index is 0.000000131. The van der Waals surface area contributed by atoms with Gasteiger partial charge in [0.2, 0.25) is 0 Å². The van der Waals surface area contributed by atoms with Crippen LogP contribution in [0.4, 0.5) is 17.6 Å². The van der Waals surface area contributed by atoms with E-state index >= 15 is 0 Å². The van der Waals surface area contributed by atoms with Gasteiger partial charge in [0.15, 0.2) is 0 Å². The number of benzene rings is 10. The molecule has 0 spiro atoms. The minimum absolute atomic E-state index is 0. The van der Waals surface area contributed by atoms with E-state index in [-0.39, 0.29) is 21.7 Å². The summed E-state index contributed by atoms with van der Waals surface area (Å²) >= 11 is 0. The summed E-state index contributed by atoms with van der Waals surface area (Å²) < 4.78 is 54.9. The van der Waals surface area contributed by atoms with Crippen molar-refractivity contribution in [1.29, 1.82) is 0 Å². The van der Waals surface area contributed by atoms with Gasteiger partial charge in [0.05, 0.1) is 0 Å². The zero-order valence-corrected chi connectivity index (χ0v) is 33.0. The summed E-state index contributed by atoms with van der Waals surface area (Å²) in [4.78, 5) is 0. The van der Waals surface area contributed by atoms with Crippen LogP contribution in [0, 0.1) is 35.4 Å². The number of hydrogen-bond donors (Lipinski definition) is 0. The Labute approximate surface area is 353 Å². The summed E-state index contributed by atoms with van der Waals surface area (Å²) in [5.41, 5.74) is 2.26. The monoisotopic (exact) mass is 804 g/mol. The number of rotatable bonds is 2. The molecule has 0 amide bonds. The van der Waals surface area contributed by atoms with Crippen LogP contribution in [0.1, 0.15) is 0 Å². The molecule has 0 heterocycles. The van der Waals surface area contributed by atoms with Gasteiger partial charge in [-0.3, -0.25) is 0 Å². The van der Waals surface area contributed by atoms with Gasteiger partial charge >= 0.3 is 21.7 Å². The van der Waals surface area contributed by atoms with Crippen LogP contribution in [0.15, 0.2) is 194 Å². The molecule has 0 unspecified atom stereocenters. The first kappa shape index (κ1) is 39.2. The fraction of sp³-hybridized carbons (Fsp3) is 0. The van der Waals surface area contributed by atoms with Crippen LogP contribution in [0.5, 0.6) is 0 Å². The second-order valence-electron chi connectivity index (χ2n) is 13.9. The molecule has 5 heteroatoms. The maximum atomic E-state index is 14.3. The molecule has 0 saturated carbocycles. The van der Waals surface area contributed by atoms with Crippen molar-refractivity contribution >= 4 is 64.6 Å². The minimum atomic E-state index is -0.686. The van der Waals surface area contributed by atoms with E-state index in [0.717, 1.165) is 65.0 Å². The van der Waals surface area contributed by atoms with Crippen LogP contribution in [-0.2, 0) is 21.7 Å². The molecule has 59 heavy (non-hydrogen) atoms. The van der Waals surface area contributed by atoms with Gasteiger partial charge in [-0.15, -0.1) is 24.3 Å². The van der Waals surface area contributed by atoms with Crippen molar-refractivity contribution in [2.45, 2.75) is 0 Å². The third kappa shape index (κ3) is 7.73. The van der Waals surface area contributed by atoms with E-state index < -0.39 is 23.3 Å². The Morgan fingerprint density at radius 1 is 0.305 bits per heavy atom. The zero-order valence-electron chi connectivity index (χ0n) is 31.5. The van der Waals surface area contributed by atoms with Gasteiger partial charge in [0, 0.05) is 23.3 Å². The molecule has 0 aliphatic rings. The van der Waals surface area contributed by atoms with Crippen molar-refractivity contribution in [2.75, 3.05) is 0 Å². The molecule has 0 nitrogen and oxygen atoms in total. The number of hydrogen-bond acceptors (Lipinski definition) is 0.